The van der Waals surface area contributed by atoms with Crippen LogP contribution in [-0.4, -0.2) is 23.5 Å². The summed E-state index contributed by atoms with van der Waals surface area (Å²) in [6.07, 6.45) is 6.49. The third-order valence-corrected chi connectivity index (χ3v) is 4.50. The summed E-state index contributed by atoms with van der Waals surface area (Å²) < 4.78 is 0. The fraction of sp³-hybridized carbons (Fsp3) is 0.917. The van der Waals surface area contributed by atoms with Crippen molar-refractivity contribution in [2.45, 2.75) is 51.2 Å². The molecule has 1 saturated carbocycles. The predicted octanol–water partition coefficient (Wildman–Crippen LogP) is 2.82. The molecule has 1 fully saturated rings. The van der Waals surface area contributed by atoms with Gasteiger partial charge in [0.1, 0.15) is 0 Å². The second-order valence-corrected chi connectivity index (χ2v) is 5.79. The minimum absolute atomic E-state index is 0.168. The molecule has 0 aromatic rings. The maximum Gasteiger partial charge on any atom is 0.222 e. The Morgan fingerprint density at radius 3 is 2.73 bits per heavy atom. The monoisotopic (exact) mass is 229 g/mol. The topological polar surface area (TPSA) is 29.1 Å². The van der Waals surface area contributed by atoms with Crippen LogP contribution in [0.15, 0.2) is 0 Å². The fourth-order valence-electron chi connectivity index (χ4n) is 1.81. The maximum absolute atomic E-state index is 11.4. The lowest BCUT2D eigenvalue weighted by molar-refractivity contribution is -0.124. The quantitative estimate of drug-likeness (QED) is 0.710. The van der Waals surface area contributed by atoms with Gasteiger partial charge in [0.2, 0.25) is 5.91 Å². The fourth-order valence-corrected chi connectivity index (χ4v) is 3.03. The van der Waals surface area contributed by atoms with Crippen molar-refractivity contribution in [3.63, 3.8) is 0 Å². The van der Waals surface area contributed by atoms with Crippen molar-refractivity contribution in [2.24, 2.45) is 5.92 Å². The van der Waals surface area contributed by atoms with Crippen molar-refractivity contribution in [1.82, 2.24) is 5.32 Å². The molecule has 0 unspecified atom stereocenters. The van der Waals surface area contributed by atoms with E-state index in [1.165, 1.54) is 25.7 Å². The highest BCUT2D eigenvalue weighted by Gasteiger charge is 2.15. The number of hydrogen-bond donors (Lipinski definition) is 1. The Balaban J connectivity index is 1.98. The third kappa shape index (κ3) is 4.92. The molecule has 0 saturated heterocycles. The second kappa shape index (κ2) is 7.15. The Morgan fingerprint density at radius 2 is 2.13 bits per heavy atom. The molecule has 1 rings (SSSR count). The Kier molecular flexibility index (Phi) is 6.15. The minimum atomic E-state index is 0.168. The molecule has 3 heteroatoms. The summed E-state index contributed by atoms with van der Waals surface area (Å²) in [6.45, 7) is 4.88. The van der Waals surface area contributed by atoms with Gasteiger partial charge in [0.05, 0.1) is 0 Å². The van der Waals surface area contributed by atoms with Gasteiger partial charge < -0.3 is 5.32 Å². The van der Waals surface area contributed by atoms with Gasteiger partial charge in [0, 0.05) is 23.5 Å². The van der Waals surface area contributed by atoms with Crippen molar-refractivity contribution in [1.29, 1.82) is 0 Å². The van der Waals surface area contributed by atoms with E-state index in [1.807, 2.05) is 18.7 Å². The molecule has 0 radical (unpaired) electrons. The summed E-state index contributed by atoms with van der Waals surface area (Å²) in [4.78, 5) is 11.4. The average molecular weight is 229 g/mol. The van der Waals surface area contributed by atoms with Crippen molar-refractivity contribution in [3.8, 4) is 0 Å². The summed E-state index contributed by atoms with van der Waals surface area (Å²) in [7, 11) is 0. The molecule has 0 bridgehead atoms. The molecule has 1 N–H and O–H groups in total. The van der Waals surface area contributed by atoms with E-state index in [-0.39, 0.29) is 11.8 Å². The van der Waals surface area contributed by atoms with Gasteiger partial charge in [-0.25, -0.2) is 0 Å². The Bertz CT molecular complexity index is 190. The zero-order valence-electron chi connectivity index (χ0n) is 9.92. The number of carbonyl (C=O) groups excluding carboxylic acids is 1. The molecular weight excluding hydrogens is 206 g/mol. The highest BCUT2D eigenvalue weighted by molar-refractivity contribution is 7.99. The molecule has 2 nitrogen and oxygen atoms in total. The number of carbonyl (C=O) groups is 1. The summed E-state index contributed by atoms with van der Waals surface area (Å²) >= 11 is 2.03. The Hall–Kier alpha value is -0.180. The van der Waals surface area contributed by atoms with E-state index in [2.05, 4.69) is 12.2 Å². The van der Waals surface area contributed by atoms with E-state index in [4.69, 9.17) is 0 Å². The summed E-state index contributed by atoms with van der Waals surface area (Å²) in [6, 6.07) is 0. The molecule has 0 heterocycles. The van der Waals surface area contributed by atoms with Gasteiger partial charge in [0.15, 0.2) is 0 Å². The number of hydrogen-bond acceptors (Lipinski definition) is 2. The van der Waals surface area contributed by atoms with Crippen LogP contribution in [0.4, 0.5) is 0 Å². The van der Waals surface area contributed by atoms with Gasteiger partial charge in [-0.1, -0.05) is 26.7 Å². The largest absolute Gasteiger partial charge is 0.355 e. The van der Waals surface area contributed by atoms with Gasteiger partial charge in [0.25, 0.3) is 0 Å². The van der Waals surface area contributed by atoms with Crippen LogP contribution >= 0.6 is 11.8 Å². The SMILES string of the molecule is CC[C@@H](C)C(=O)NCCSC1CCCC1. The van der Waals surface area contributed by atoms with E-state index in [0.29, 0.717) is 0 Å². The van der Waals surface area contributed by atoms with Crippen LogP contribution in [0.25, 0.3) is 0 Å². The lowest BCUT2D eigenvalue weighted by Crippen LogP contribution is -2.30. The Labute approximate surface area is 97.6 Å². The predicted molar refractivity (Wildman–Crippen MR) is 67.2 cm³/mol. The Morgan fingerprint density at radius 1 is 1.47 bits per heavy atom. The molecule has 1 aliphatic carbocycles. The van der Waals surface area contributed by atoms with E-state index in [0.717, 1.165) is 24.0 Å². The van der Waals surface area contributed by atoms with Crippen molar-refractivity contribution in [2.75, 3.05) is 12.3 Å². The van der Waals surface area contributed by atoms with Gasteiger partial charge >= 0.3 is 0 Å². The van der Waals surface area contributed by atoms with Crippen molar-refractivity contribution in [3.05, 3.63) is 0 Å². The summed E-state index contributed by atoms with van der Waals surface area (Å²) in [5.74, 6) is 1.46. The maximum atomic E-state index is 11.4. The smallest absolute Gasteiger partial charge is 0.222 e. The van der Waals surface area contributed by atoms with Gasteiger partial charge in [-0.2, -0.15) is 11.8 Å². The standard InChI is InChI=1S/C12H23NOS/c1-3-10(2)12(14)13-8-9-15-11-6-4-5-7-11/h10-11H,3-9H2,1-2H3,(H,13,14)/t10-/m1/s1. The molecule has 88 valence electrons. The lowest BCUT2D eigenvalue weighted by atomic mass is 10.1. The number of rotatable bonds is 6. The molecule has 1 atom stereocenters. The first-order chi connectivity index (χ1) is 7.24. The molecule has 1 aliphatic rings. The van der Waals surface area contributed by atoms with Crippen molar-refractivity contribution < 1.29 is 4.79 Å². The number of thioether (sulfide) groups is 1. The van der Waals surface area contributed by atoms with Crippen molar-refractivity contribution >= 4 is 17.7 Å². The van der Waals surface area contributed by atoms with E-state index in [1.54, 1.807) is 0 Å². The zero-order valence-corrected chi connectivity index (χ0v) is 10.7. The third-order valence-electron chi connectivity index (χ3n) is 3.12. The first kappa shape index (κ1) is 12.9. The summed E-state index contributed by atoms with van der Waals surface area (Å²) in [5, 5.41) is 3.86. The highest BCUT2D eigenvalue weighted by atomic mass is 32.2. The molecular formula is C12H23NOS. The molecule has 1 amide bonds. The van der Waals surface area contributed by atoms with E-state index < -0.39 is 0 Å². The van der Waals surface area contributed by atoms with Gasteiger partial charge in [-0.15, -0.1) is 0 Å². The van der Waals surface area contributed by atoms with Crippen LogP contribution in [0.3, 0.4) is 0 Å². The molecule has 0 aliphatic heterocycles. The number of nitrogens with one attached hydrogen (secondary N) is 1. The minimum Gasteiger partial charge on any atom is -0.355 e. The first-order valence-corrected chi connectivity index (χ1v) is 7.18. The normalized spacial score (nSPS) is 19.1. The summed E-state index contributed by atoms with van der Waals surface area (Å²) in [5.41, 5.74) is 0. The van der Waals surface area contributed by atoms with Crippen LogP contribution in [0.5, 0.6) is 0 Å². The van der Waals surface area contributed by atoms with Crippen LogP contribution in [0.2, 0.25) is 0 Å². The van der Waals surface area contributed by atoms with Gasteiger partial charge in [-0.05, 0) is 19.3 Å². The van der Waals surface area contributed by atoms with Crippen LogP contribution in [0.1, 0.15) is 46.0 Å². The van der Waals surface area contributed by atoms with Crippen LogP contribution in [0, 0.1) is 5.92 Å². The molecule has 15 heavy (non-hydrogen) atoms. The van der Waals surface area contributed by atoms with E-state index in [9.17, 15) is 4.79 Å². The zero-order chi connectivity index (χ0) is 11.1. The first-order valence-electron chi connectivity index (χ1n) is 6.13. The van der Waals surface area contributed by atoms with Crippen LogP contribution in [-0.2, 0) is 4.79 Å². The number of amides is 1. The van der Waals surface area contributed by atoms with E-state index >= 15 is 0 Å². The molecule has 0 aromatic carbocycles. The molecule has 0 spiro atoms. The highest BCUT2D eigenvalue weighted by Crippen LogP contribution is 2.28. The van der Waals surface area contributed by atoms with Gasteiger partial charge in [-0.3, -0.25) is 4.79 Å². The lowest BCUT2D eigenvalue weighted by Gasteiger charge is -2.11. The molecule has 0 aromatic heterocycles. The second-order valence-electron chi connectivity index (χ2n) is 4.38. The van der Waals surface area contributed by atoms with Crippen LogP contribution < -0.4 is 5.32 Å². The average Bonchev–Trinajstić information content (AvgIpc) is 2.75.